The van der Waals surface area contributed by atoms with Gasteiger partial charge in [-0.05, 0) is 40.9 Å². The summed E-state index contributed by atoms with van der Waals surface area (Å²) in [4.78, 5) is 0. The summed E-state index contributed by atoms with van der Waals surface area (Å²) in [5.41, 5.74) is 5.31. The molecule has 3 heteroatoms. The van der Waals surface area contributed by atoms with Crippen LogP contribution in [0.5, 0.6) is 0 Å². The van der Waals surface area contributed by atoms with Crippen molar-refractivity contribution in [2.24, 2.45) is 7.05 Å². The predicted molar refractivity (Wildman–Crippen MR) is 82.1 cm³/mol. The quantitative estimate of drug-likeness (QED) is 0.905. The minimum atomic E-state index is 0.497. The van der Waals surface area contributed by atoms with Crippen LogP contribution in [0, 0.1) is 13.8 Å². The molecule has 0 aliphatic rings. The summed E-state index contributed by atoms with van der Waals surface area (Å²) in [5, 5.41) is 4.84. The number of halogens is 1. The molecule has 0 aliphatic heterocycles. The van der Waals surface area contributed by atoms with Crippen LogP contribution in [0.4, 0.5) is 0 Å². The molecule has 0 radical (unpaired) electrons. The van der Waals surface area contributed by atoms with Gasteiger partial charge in [0.15, 0.2) is 0 Å². The van der Waals surface area contributed by atoms with Crippen molar-refractivity contribution in [1.82, 2.24) is 9.88 Å². The van der Waals surface area contributed by atoms with Crippen molar-refractivity contribution in [2.75, 3.05) is 0 Å². The molecule has 1 N–H and O–H groups in total. The molecule has 2 aromatic rings. The number of nitrogens with one attached hydrogen (secondary N) is 1. The molecule has 0 aliphatic carbocycles. The summed E-state index contributed by atoms with van der Waals surface area (Å²) in [6.45, 7) is 9.59. The first-order valence-electron chi connectivity index (χ1n) is 6.39. The molecule has 1 aromatic carbocycles. The van der Waals surface area contributed by atoms with E-state index < -0.39 is 0 Å². The van der Waals surface area contributed by atoms with Crippen LogP contribution < -0.4 is 5.32 Å². The molecule has 98 valence electrons. The van der Waals surface area contributed by atoms with E-state index in [2.05, 4.69) is 72.7 Å². The van der Waals surface area contributed by atoms with E-state index in [-0.39, 0.29) is 0 Å². The molecule has 0 bridgehead atoms. The summed E-state index contributed by atoms with van der Waals surface area (Å²) in [6.07, 6.45) is 0. The van der Waals surface area contributed by atoms with Gasteiger partial charge in [0.05, 0.1) is 5.52 Å². The van der Waals surface area contributed by atoms with E-state index in [1.54, 1.807) is 0 Å². The van der Waals surface area contributed by atoms with Gasteiger partial charge in [-0.2, -0.15) is 0 Å². The molecule has 2 nitrogen and oxygen atoms in total. The van der Waals surface area contributed by atoms with Crippen LogP contribution in [-0.2, 0) is 13.6 Å². The molecule has 0 spiro atoms. The van der Waals surface area contributed by atoms with Crippen molar-refractivity contribution < 1.29 is 0 Å². The monoisotopic (exact) mass is 308 g/mol. The highest BCUT2D eigenvalue weighted by molar-refractivity contribution is 9.10. The van der Waals surface area contributed by atoms with Crippen LogP contribution in [0.3, 0.4) is 0 Å². The highest BCUT2D eigenvalue weighted by Crippen LogP contribution is 2.34. The Hall–Kier alpha value is -0.800. The fraction of sp³-hybridized carbons (Fsp3) is 0.467. The van der Waals surface area contributed by atoms with E-state index in [9.17, 15) is 0 Å². The number of hydrogen-bond acceptors (Lipinski definition) is 1. The fourth-order valence-electron chi connectivity index (χ4n) is 2.43. The first kappa shape index (κ1) is 13.6. The Labute approximate surface area is 118 Å². The van der Waals surface area contributed by atoms with E-state index in [1.807, 2.05) is 0 Å². The summed E-state index contributed by atoms with van der Waals surface area (Å²) in [6, 6.07) is 4.89. The third-order valence-electron chi connectivity index (χ3n) is 3.48. The lowest BCUT2D eigenvalue weighted by Gasteiger charge is -2.10. The minimum absolute atomic E-state index is 0.497. The van der Waals surface area contributed by atoms with E-state index in [4.69, 9.17) is 0 Å². The molecule has 0 saturated heterocycles. The topological polar surface area (TPSA) is 17.0 Å². The van der Waals surface area contributed by atoms with Crippen LogP contribution in [0.2, 0.25) is 0 Å². The maximum atomic E-state index is 3.78. The first-order valence-corrected chi connectivity index (χ1v) is 7.19. The fourth-order valence-corrected chi connectivity index (χ4v) is 3.34. The minimum Gasteiger partial charge on any atom is -0.345 e. The first-order chi connectivity index (χ1) is 8.43. The lowest BCUT2D eigenvalue weighted by atomic mass is 10.1. The van der Waals surface area contributed by atoms with E-state index in [0.29, 0.717) is 6.04 Å². The van der Waals surface area contributed by atoms with Gasteiger partial charge in [0.1, 0.15) is 0 Å². The number of rotatable bonds is 3. The summed E-state index contributed by atoms with van der Waals surface area (Å²) >= 11 is 3.78. The predicted octanol–water partition coefficient (Wildman–Crippen LogP) is 4.06. The van der Waals surface area contributed by atoms with Crippen LogP contribution in [0.15, 0.2) is 16.6 Å². The molecule has 0 unspecified atom stereocenters. The van der Waals surface area contributed by atoms with Gasteiger partial charge in [-0.3, -0.25) is 0 Å². The van der Waals surface area contributed by atoms with Crippen molar-refractivity contribution in [1.29, 1.82) is 0 Å². The van der Waals surface area contributed by atoms with Crippen LogP contribution in [0.25, 0.3) is 10.9 Å². The van der Waals surface area contributed by atoms with Gasteiger partial charge in [0.2, 0.25) is 0 Å². The third-order valence-corrected chi connectivity index (χ3v) is 4.33. The normalized spacial score (nSPS) is 11.7. The zero-order valence-corrected chi connectivity index (χ0v) is 13.4. The van der Waals surface area contributed by atoms with E-state index in [1.165, 1.54) is 32.2 Å². The average molecular weight is 309 g/mol. The van der Waals surface area contributed by atoms with Gasteiger partial charge in [-0.25, -0.2) is 0 Å². The van der Waals surface area contributed by atoms with Crippen LogP contribution >= 0.6 is 15.9 Å². The Kier molecular flexibility index (Phi) is 3.83. The number of benzene rings is 1. The molecule has 0 atom stereocenters. The maximum Gasteiger partial charge on any atom is 0.0524 e. The summed E-state index contributed by atoms with van der Waals surface area (Å²) in [7, 11) is 2.15. The third kappa shape index (κ3) is 2.21. The second-order valence-electron chi connectivity index (χ2n) is 5.28. The van der Waals surface area contributed by atoms with Gasteiger partial charge in [-0.15, -0.1) is 0 Å². The highest BCUT2D eigenvalue weighted by Gasteiger charge is 2.16. The number of nitrogens with zero attached hydrogens (tertiary/aromatic N) is 1. The van der Waals surface area contributed by atoms with E-state index >= 15 is 0 Å². The lowest BCUT2D eigenvalue weighted by molar-refractivity contribution is 0.571. The van der Waals surface area contributed by atoms with Crippen molar-refractivity contribution in [3.8, 4) is 0 Å². The highest BCUT2D eigenvalue weighted by atomic mass is 79.9. The molecule has 1 aromatic heterocycles. The number of fused-ring (bicyclic) bond motifs is 1. The Morgan fingerprint density at radius 1 is 1.22 bits per heavy atom. The SMILES string of the molecule is Cc1ccc(C)c2c1c(Br)c(CNC(C)C)n2C. The number of aromatic nitrogens is 1. The largest absolute Gasteiger partial charge is 0.345 e. The van der Waals surface area contributed by atoms with Gasteiger partial charge in [0, 0.05) is 35.2 Å². The Balaban J connectivity index is 2.62. The van der Waals surface area contributed by atoms with Crippen molar-refractivity contribution in [2.45, 2.75) is 40.3 Å². The summed E-state index contributed by atoms with van der Waals surface area (Å²) < 4.78 is 3.53. The second kappa shape index (κ2) is 5.06. The standard InChI is InChI=1S/C15H21BrN2/c1-9(2)17-8-12-14(16)13-10(3)6-7-11(4)15(13)18(12)5/h6-7,9,17H,8H2,1-5H3. The van der Waals surface area contributed by atoms with Crippen molar-refractivity contribution >= 4 is 26.8 Å². The molecule has 18 heavy (non-hydrogen) atoms. The second-order valence-corrected chi connectivity index (χ2v) is 6.07. The van der Waals surface area contributed by atoms with Crippen LogP contribution in [0.1, 0.15) is 30.7 Å². The Morgan fingerprint density at radius 3 is 2.39 bits per heavy atom. The van der Waals surface area contributed by atoms with Gasteiger partial charge in [-0.1, -0.05) is 26.0 Å². The molecule has 0 amide bonds. The number of aryl methyl sites for hydroxylation is 3. The van der Waals surface area contributed by atoms with E-state index in [0.717, 1.165) is 6.54 Å². The Morgan fingerprint density at radius 2 is 1.83 bits per heavy atom. The molecule has 0 fully saturated rings. The zero-order valence-electron chi connectivity index (χ0n) is 11.8. The van der Waals surface area contributed by atoms with Crippen molar-refractivity contribution in [3.63, 3.8) is 0 Å². The maximum absolute atomic E-state index is 3.78. The van der Waals surface area contributed by atoms with Gasteiger partial charge >= 0.3 is 0 Å². The lowest BCUT2D eigenvalue weighted by Crippen LogP contribution is -2.23. The van der Waals surface area contributed by atoms with Crippen molar-refractivity contribution in [3.05, 3.63) is 33.4 Å². The smallest absolute Gasteiger partial charge is 0.0524 e. The zero-order chi connectivity index (χ0) is 13.4. The average Bonchev–Trinajstić information content (AvgIpc) is 2.55. The molecule has 2 rings (SSSR count). The molecule has 1 heterocycles. The van der Waals surface area contributed by atoms with Crippen LogP contribution in [-0.4, -0.2) is 10.6 Å². The summed E-state index contributed by atoms with van der Waals surface area (Å²) in [5.74, 6) is 0. The molecular formula is C15H21BrN2. The van der Waals surface area contributed by atoms with Gasteiger partial charge < -0.3 is 9.88 Å². The molecule has 0 saturated carbocycles. The Bertz CT molecular complexity index is 537. The van der Waals surface area contributed by atoms with Gasteiger partial charge in [0.25, 0.3) is 0 Å². The molecular weight excluding hydrogens is 288 g/mol. The number of hydrogen-bond donors (Lipinski definition) is 1.